The summed E-state index contributed by atoms with van der Waals surface area (Å²) < 4.78 is 4.70. The molecule has 5 aromatic carbocycles. The van der Waals surface area contributed by atoms with E-state index in [1.807, 2.05) is 12.1 Å². The molecular weight excluding hydrogens is 466 g/mol. The number of benzene rings is 5. The van der Waals surface area contributed by atoms with E-state index in [1.165, 1.54) is 27.0 Å². The molecular formula is C33H24N3Si. The quantitative estimate of drug-likeness (QED) is 0.234. The second kappa shape index (κ2) is 8.23. The molecule has 0 aliphatic rings. The fourth-order valence-corrected chi connectivity index (χ4v) is 6.50. The molecule has 2 heterocycles. The van der Waals surface area contributed by atoms with Gasteiger partial charge in [0.15, 0.2) is 0 Å². The molecule has 7 aromatic rings. The van der Waals surface area contributed by atoms with Gasteiger partial charge in [-0.3, -0.25) is 0 Å². The summed E-state index contributed by atoms with van der Waals surface area (Å²) in [7, 11) is -0.540. The standard InChI is InChI=1S/C33H24N3Si/c1-37(2)25-15-17-33-29(20-25)27-11-4-6-13-31(27)36(33)24-9-7-8-23(19-24)35-30-12-5-3-10-26(30)28-18-22(21-34)14-16-32(28)35/h3-20H,1-2H3. The van der Waals surface area contributed by atoms with Gasteiger partial charge in [0, 0.05) is 32.9 Å². The van der Waals surface area contributed by atoms with Crippen molar-refractivity contribution in [2.75, 3.05) is 0 Å². The smallest absolute Gasteiger partial charge is 0.0991 e. The first-order valence-corrected chi connectivity index (χ1v) is 15.0. The highest BCUT2D eigenvalue weighted by Crippen LogP contribution is 2.35. The molecule has 3 nitrogen and oxygen atoms in total. The molecule has 175 valence electrons. The summed E-state index contributed by atoms with van der Waals surface area (Å²) in [5.74, 6) is 0. The van der Waals surface area contributed by atoms with Crippen molar-refractivity contribution in [1.82, 2.24) is 9.13 Å². The van der Waals surface area contributed by atoms with E-state index in [1.54, 1.807) is 0 Å². The molecule has 0 aliphatic heterocycles. The van der Waals surface area contributed by atoms with Crippen LogP contribution in [-0.4, -0.2) is 17.9 Å². The lowest BCUT2D eigenvalue weighted by Crippen LogP contribution is -2.21. The van der Waals surface area contributed by atoms with E-state index >= 15 is 0 Å². The van der Waals surface area contributed by atoms with E-state index in [2.05, 4.69) is 125 Å². The van der Waals surface area contributed by atoms with Gasteiger partial charge < -0.3 is 9.13 Å². The summed E-state index contributed by atoms with van der Waals surface area (Å²) >= 11 is 0. The predicted octanol–water partition coefficient (Wildman–Crippen LogP) is 7.71. The number of nitrogens with zero attached hydrogens (tertiary/aromatic N) is 3. The Bertz CT molecular complexity index is 2030. The van der Waals surface area contributed by atoms with Crippen LogP contribution in [0.15, 0.2) is 109 Å². The second-order valence-corrected chi connectivity index (χ2v) is 12.4. The first-order chi connectivity index (χ1) is 18.1. The highest BCUT2D eigenvalue weighted by atomic mass is 28.3. The van der Waals surface area contributed by atoms with Gasteiger partial charge in [-0.05, 0) is 54.6 Å². The first-order valence-electron chi connectivity index (χ1n) is 12.5. The SMILES string of the molecule is C[Si](C)c1ccc2c(c1)c1ccccc1n2-c1cccc(-n2c3ccccc3c3cc(C#N)ccc32)c1. The normalized spacial score (nSPS) is 11.7. The lowest BCUT2D eigenvalue weighted by molar-refractivity contribution is 1.13. The van der Waals surface area contributed by atoms with Gasteiger partial charge in [0.25, 0.3) is 0 Å². The van der Waals surface area contributed by atoms with Crippen LogP contribution in [0.2, 0.25) is 13.1 Å². The van der Waals surface area contributed by atoms with Gasteiger partial charge in [-0.2, -0.15) is 5.26 Å². The van der Waals surface area contributed by atoms with Crippen molar-refractivity contribution in [2.24, 2.45) is 0 Å². The predicted molar refractivity (Wildman–Crippen MR) is 157 cm³/mol. The van der Waals surface area contributed by atoms with Crippen molar-refractivity contribution >= 4 is 57.6 Å². The van der Waals surface area contributed by atoms with Crippen LogP contribution in [0, 0.1) is 11.3 Å². The Morgan fingerprint density at radius 3 is 1.68 bits per heavy atom. The first kappa shape index (κ1) is 21.7. The molecule has 0 bridgehead atoms. The fourth-order valence-electron chi connectivity index (χ4n) is 5.65. The molecule has 1 radical (unpaired) electrons. The van der Waals surface area contributed by atoms with Crippen LogP contribution in [0.1, 0.15) is 5.56 Å². The topological polar surface area (TPSA) is 33.6 Å². The molecule has 2 aromatic heterocycles. The third-order valence-electron chi connectivity index (χ3n) is 7.40. The molecule has 4 heteroatoms. The van der Waals surface area contributed by atoms with E-state index in [-0.39, 0.29) is 0 Å². The molecule has 0 unspecified atom stereocenters. The van der Waals surface area contributed by atoms with Gasteiger partial charge in [-0.25, -0.2) is 0 Å². The molecule has 7 rings (SSSR count). The minimum Gasteiger partial charge on any atom is -0.309 e. The monoisotopic (exact) mass is 490 g/mol. The molecule has 37 heavy (non-hydrogen) atoms. The zero-order valence-corrected chi connectivity index (χ0v) is 21.7. The Morgan fingerprint density at radius 1 is 0.541 bits per heavy atom. The maximum Gasteiger partial charge on any atom is 0.0991 e. The summed E-state index contributed by atoms with van der Waals surface area (Å²) in [6, 6.07) is 41.2. The highest BCUT2D eigenvalue weighted by molar-refractivity contribution is 6.71. The third kappa shape index (κ3) is 3.25. The third-order valence-corrected chi connectivity index (χ3v) is 8.86. The molecule has 0 atom stereocenters. The van der Waals surface area contributed by atoms with Crippen LogP contribution in [0.4, 0.5) is 0 Å². The van der Waals surface area contributed by atoms with Crippen molar-refractivity contribution in [3.63, 3.8) is 0 Å². The molecule has 0 spiro atoms. The van der Waals surface area contributed by atoms with Crippen LogP contribution >= 0.6 is 0 Å². The summed E-state index contributed by atoms with van der Waals surface area (Å²) in [5, 5.41) is 15.8. The van der Waals surface area contributed by atoms with Crippen LogP contribution in [0.25, 0.3) is 55.0 Å². The minimum absolute atomic E-state index is 0.540. The Kier molecular flexibility index (Phi) is 4.82. The second-order valence-electron chi connectivity index (χ2n) is 9.80. The van der Waals surface area contributed by atoms with Crippen molar-refractivity contribution in [3.8, 4) is 17.4 Å². The molecule has 0 fully saturated rings. The van der Waals surface area contributed by atoms with Gasteiger partial charge >= 0.3 is 0 Å². The van der Waals surface area contributed by atoms with Crippen molar-refractivity contribution in [3.05, 3.63) is 115 Å². The van der Waals surface area contributed by atoms with Crippen molar-refractivity contribution < 1.29 is 0 Å². The van der Waals surface area contributed by atoms with Gasteiger partial charge in [0.1, 0.15) is 0 Å². The fraction of sp³-hybridized carbons (Fsp3) is 0.0606. The highest BCUT2D eigenvalue weighted by Gasteiger charge is 2.16. The Labute approximate surface area is 217 Å². The molecule has 0 aliphatic carbocycles. The summed E-state index contributed by atoms with van der Waals surface area (Å²) in [6.45, 7) is 4.69. The van der Waals surface area contributed by atoms with Gasteiger partial charge in [0.2, 0.25) is 0 Å². The number of fused-ring (bicyclic) bond motifs is 6. The van der Waals surface area contributed by atoms with Crippen LogP contribution in [0.3, 0.4) is 0 Å². The summed E-state index contributed by atoms with van der Waals surface area (Å²) in [6.07, 6.45) is 0. The molecule has 0 amide bonds. The summed E-state index contributed by atoms with van der Waals surface area (Å²) in [4.78, 5) is 0. The minimum atomic E-state index is -0.540. The van der Waals surface area contributed by atoms with Gasteiger partial charge in [0.05, 0.1) is 42.5 Å². The molecule has 0 saturated heterocycles. The molecule has 0 N–H and O–H groups in total. The van der Waals surface area contributed by atoms with Crippen molar-refractivity contribution in [2.45, 2.75) is 13.1 Å². The van der Waals surface area contributed by atoms with Crippen LogP contribution < -0.4 is 5.19 Å². The lowest BCUT2D eigenvalue weighted by Gasteiger charge is -2.13. The number of hydrogen-bond acceptors (Lipinski definition) is 1. The number of rotatable bonds is 3. The van der Waals surface area contributed by atoms with Gasteiger partial charge in [-0.1, -0.05) is 72.9 Å². The average Bonchev–Trinajstić information content (AvgIpc) is 3.45. The van der Waals surface area contributed by atoms with Crippen LogP contribution in [0.5, 0.6) is 0 Å². The zero-order valence-electron chi connectivity index (χ0n) is 20.7. The largest absolute Gasteiger partial charge is 0.309 e. The van der Waals surface area contributed by atoms with Gasteiger partial charge in [-0.15, -0.1) is 0 Å². The van der Waals surface area contributed by atoms with Crippen LogP contribution in [-0.2, 0) is 0 Å². The number of aromatic nitrogens is 2. The maximum atomic E-state index is 9.50. The zero-order chi connectivity index (χ0) is 25.1. The number of nitriles is 1. The maximum absolute atomic E-state index is 9.50. The van der Waals surface area contributed by atoms with E-state index in [4.69, 9.17) is 0 Å². The lowest BCUT2D eigenvalue weighted by atomic mass is 10.1. The van der Waals surface area contributed by atoms with E-state index in [0.29, 0.717) is 5.56 Å². The Morgan fingerprint density at radius 2 is 1.08 bits per heavy atom. The molecule has 0 saturated carbocycles. The number of hydrogen-bond donors (Lipinski definition) is 0. The average molecular weight is 491 g/mol. The summed E-state index contributed by atoms with van der Waals surface area (Å²) in [5.41, 5.74) is 7.59. The van der Waals surface area contributed by atoms with E-state index < -0.39 is 8.80 Å². The number of para-hydroxylation sites is 2. The van der Waals surface area contributed by atoms with E-state index in [0.717, 1.165) is 33.2 Å². The Hall–Kier alpha value is -4.59. The van der Waals surface area contributed by atoms with E-state index in [9.17, 15) is 5.26 Å². The Balaban J connectivity index is 1.51. The van der Waals surface area contributed by atoms with Crippen molar-refractivity contribution in [1.29, 1.82) is 5.26 Å².